The number of rotatable bonds is 4. The molecule has 0 saturated heterocycles. The highest BCUT2D eigenvalue weighted by molar-refractivity contribution is 7.21. The Morgan fingerprint density at radius 1 is 1.17 bits per heavy atom. The average Bonchev–Trinajstić information content (AvgIpc) is 3.35. The highest BCUT2D eigenvalue weighted by atomic mass is 32.1. The van der Waals surface area contributed by atoms with Gasteiger partial charge in [-0.15, -0.1) is 22.7 Å². The Bertz CT molecular complexity index is 1200. The van der Waals surface area contributed by atoms with Crippen LogP contribution >= 0.6 is 22.7 Å². The van der Waals surface area contributed by atoms with Gasteiger partial charge in [0, 0.05) is 19.0 Å². The minimum atomic E-state index is -4.63. The number of benzene rings is 1. The zero-order chi connectivity index (χ0) is 21.5. The van der Waals surface area contributed by atoms with Crippen LogP contribution < -0.4 is 5.73 Å². The molecule has 3 heterocycles. The van der Waals surface area contributed by atoms with Crippen LogP contribution in [0, 0.1) is 0 Å². The van der Waals surface area contributed by atoms with E-state index in [2.05, 4.69) is 4.98 Å². The maximum atomic E-state index is 13.8. The van der Waals surface area contributed by atoms with Gasteiger partial charge in [0.2, 0.25) is 0 Å². The van der Waals surface area contributed by atoms with Crippen molar-refractivity contribution in [1.29, 1.82) is 0 Å². The minimum absolute atomic E-state index is 0.0600. The van der Waals surface area contributed by atoms with Gasteiger partial charge in [0.25, 0.3) is 5.91 Å². The van der Waals surface area contributed by atoms with E-state index in [0.717, 1.165) is 23.0 Å². The SMILES string of the molecule is CN(Cc1ccccc1)C(=O)c1sc2nc(-c3cccs3)cc(C(F)(F)F)c2c1N. The van der Waals surface area contributed by atoms with Crippen LogP contribution in [0.4, 0.5) is 18.9 Å². The lowest BCUT2D eigenvalue weighted by Crippen LogP contribution is -2.26. The maximum absolute atomic E-state index is 13.8. The quantitative estimate of drug-likeness (QED) is 0.424. The molecule has 154 valence electrons. The number of anilines is 1. The van der Waals surface area contributed by atoms with Crippen molar-refractivity contribution in [2.45, 2.75) is 12.7 Å². The van der Waals surface area contributed by atoms with Crippen LogP contribution in [-0.4, -0.2) is 22.8 Å². The number of pyridine rings is 1. The molecule has 0 saturated carbocycles. The van der Waals surface area contributed by atoms with Gasteiger partial charge in [-0.25, -0.2) is 4.98 Å². The summed E-state index contributed by atoms with van der Waals surface area (Å²) >= 11 is 2.19. The van der Waals surface area contributed by atoms with Crippen molar-refractivity contribution in [2.75, 3.05) is 12.8 Å². The topological polar surface area (TPSA) is 59.2 Å². The molecule has 4 aromatic rings. The normalized spacial score (nSPS) is 11.7. The Morgan fingerprint density at radius 3 is 2.53 bits per heavy atom. The molecule has 1 amide bonds. The first-order valence-electron chi connectivity index (χ1n) is 8.89. The molecule has 30 heavy (non-hydrogen) atoms. The second-order valence-corrected chi connectivity index (χ2v) is 8.65. The summed E-state index contributed by atoms with van der Waals surface area (Å²) in [5, 5.41) is 1.55. The summed E-state index contributed by atoms with van der Waals surface area (Å²) in [7, 11) is 1.59. The van der Waals surface area contributed by atoms with E-state index in [9.17, 15) is 18.0 Å². The molecular weight excluding hydrogens is 431 g/mol. The number of hydrogen-bond acceptors (Lipinski definition) is 5. The number of carbonyl (C=O) groups excluding carboxylic acids is 1. The zero-order valence-electron chi connectivity index (χ0n) is 15.7. The summed E-state index contributed by atoms with van der Waals surface area (Å²) in [4.78, 5) is 19.5. The fraction of sp³-hybridized carbons (Fsp3) is 0.143. The molecule has 4 rings (SSSR count). The van der Waals surface area contributed by atoms with E-state index in [4.69, 9.17) is 5.73 Å². The zero-order valence-corrected chi connectivity index (χ0v) is 17.4. The number of alkyl halides is 3. The van der Waals surface area contributed by atoms with Crippen LogP contribution in [0.2, 0.25) is 0 Å². The van der Waals surface area contributed by atoms with Gasteiger partial charge in [0.1, 0.15) is 9.71 Å². The van der Waals surface area contributed by atoms with Crippen molar-refractivity contribution in [3.05, 3.63) is 69.9 Å². The van der Waals surface area contributed by atoms with Crippen LogP contribution in [0.5, 0.6) is 0 Å². The highest BCUT2D eigenvalue weighted by Gasteiger charge is 2.36. The first-order chi connectivity index (χ1) is 14.3. The van der Waals surface area contributed by atoms with E-state index in [-0.39, 0.29) is 26.5 Å². The van der Waals surface area contributed by atoms with Crippen LogP contribution in [0.15, 0.2) is 53.9 Å². The Balaban J connectivity index is 1.80. The number of thiophene rings is 2. The lowest BCUT2D eigenvalue weighted by Gasteiger charge is -2.16. The molecular formula is C21H16F3N3OS2. The third kappa shape index (κ3) is 3.78. The van der Waals surface area contributed by atoms with Gasteiger partial charge in [-0.05, 0) is 23.1 Å². The number of carbonyl (C=O) groups is 1. The van der Waals surface area contributed by atoms with E-state index in [1.54, 1.807) is 24.6 Å². The monoisotopic (exact) mass is 447 g/mol. The third-order valence-corrected chi connectivity index (χ3v) is 6.56. The first-order valence-corrected chi connectivity index (χ1v) is 10.6. The van der Waals surface area contributed by atoms with Crippen LogP contribution in [-0.2, 0) is 12.7 Å². The summed E-state index contributed by atoms with van der Waals surface area (Å²) < 4.78 is 41.4. The van der Waals surface area contributed by atoms with E-state index in [1.165, 1.54) is 16.2 Å². The third-order valence-electron chi connectivity index (χ3n) is 4.58. The van der Waals surface area contributed by atoms with E-state index < -0.39 is 17.6 Å². The average molecular weight is 448 g/mol. The van der Waals surface area contributed by atoms with Crippen molar-refractivity contribution in [1.82, 2.24) is 9.88 Å². The lowest BCUT2D eigenvalue weighted by molar-refractivity contribution is -0.136. The molecule has 9 heteroatoms. The molecule has 0 atom stereocenters. The predicted molar refractivity (Wildman–Crippen MR) is 115 cm³/mol. The lowest BCUT2D eigenvalue weighted by atomic mass is 10.1. The Labute approximate surface area is 178 Å². The fourth-order valence-corrected chi connectivity index (χ4v) is 4.96. The van der Waals surface area contributed by atoms with E-state index in [1.807, 2.05) is 30.3 Å². The number of aromatic nitrogens is 1. The predicted octanol–water partition coefficient (Wildman–Crippen LogP) is 5.90. The van der Waals surface area contributed by atoms with Crippen molar-refractivity contribution in [2.24, 2.45) is 0 Å². The second kappa shape index (κ2) is 7.73. The number of fused-ring (bicyclic) bond motifs is 1. The number of nitrogen functional groups attached to an aromatic ring is 1. The molecule has 1 aromatic carbocycles. The van der Waals surface area contributed by atoms with E-state index in [0.29, 0.717) is 11.4 Å². The molecule has 0 unspecified atom stereocenters. The molecule has 0 bridgehead atoms. The molecule has 4 nitrogen and oxygen atoms in total. The van der Waals surface area contributed by atoms with E-state index >= 15 is 0 Å². The van der Waals surface area contributed by atoms with Gasteiger partial charge < -0.3 is 10.6 Å². The smallest absolute Gasteiger partial charge is 0.397 e. The molecule has 2 N–H and O–H groups in total. The van der Waals surface area contributed by atoms with Crippen molar-refractivity contribution in [3.63, 3.8) is 0 Å². The number of amides is 1. The molecule has 0 fully saturated rings. The maximum Gasteiger partial charge on any atom is 0.417 e. The van der Waals surface area contributed by atoms with Gasteiger partial charge in [-0.2, -0.15) is 13.2 Å². The van der Waals surface area contributed by atoms with Gasteiger partial charge in [0.05, 0.1) is 21.8 Å². The van der Waals surface area contributed by atoms with Crippen molar-refractivity contribution >= 4 is 44.5 Å². The Hall–Kier alpha value is -2.91. The van der Waals surface area contributed by atoms with Gasteiger partial charge in [-0.3, -0.25) is 4.79 Å². The molecule has 0 spiro atoms. The number of nitrogens with two attached hydrogens (primary N) is 1. The summed E-state index contributed by atoms with van der Waals surface area (Å²) in [5.74, 6) is -0.440. The van der Waals surface area contributed by atoms with Crippen LogP contribution in [0.3, 0.4) is 0 Å². The van der Waals surface area contributed by atoms with Crippen LogP contribution in [0.25, 0.3) is 20.8 Å². The molecule has 0 aliphatic carbocycles. The Kier molecular flexibility index (Phi) is 5.25. The number of nitrogens with zero attached hydrogens (tertiary/aromatic N) is 2. The molecule has 0 aliphatic heterocycles. The van der Waals surface area contributed by atoms with Gasteiger partial charge in [0.15, 0.2) is 0 Å². The molecule has 3 aromatic heterocycles. The first kappa shape index (κ1) is 20.4. The summed E-state index contributed by atoms with van der Waals surface area (Å²) in [6.07, 6.45) is -4.63. The molecule has 0 aliphatic rings. The summed E-state index contributed by atoms with van der Waals surface area (Å²) in [5.41, 5.74) is 6.12. The number of hydrogen-bond donors (Lipinski definition) is 1. The highest BCUT2D eigenvalue weighted by Crippen LogP contribution is 2.44. The largest absolute Gasteiger partial charge is 0.417 e. The van der Waals surface area contributed by atoms with Gasteiger partial charge >= 0.3 is 6.18 Å². The summed E-state index contributed by atoms with van der Waals surface area (Å²) in [6.45, 7) is 0.313. The fourth-order valence-electron chi connectivity index (χ4n) is 3.16. The Morgan fingerprint density at radius 2 is 1.90 bits per heavy atom. The number of halogens is 3. The summed E-state index contributed by atoms with van der Waals surface area (Å²) in [6, 6.07) is 13.8. The minimum Gasteiger partial charge on any atom is -0.397 e. The van der Waals surface area contributed by atoms with Crippen molar-refractivity contribution < 1.29 is 18.0 Å². The van der Waals surface area contributed by atoms with Gasteiger partial charge in [-0.1, -0.05) is 36.4 Å². The molecule has 0 radical (unpaired) electrons. The standard InChI is InChI=1S/C21H16F3N3OS2/c1-27(11-12-6-3-2-4-7-12)20(28)18-17(25)16-13(21(22,23)24)10-14(26-19(16)30-18)15-8-5-9-29-15/h2-10H,11,25H2,1H3. The second-order valence-electron chi connectivity index (χ2n) is 6.70. The van der Waals surface area contributed by atoms with Crippen LogP contribution in [0.1, 0.15) is 20.8 Å². The van der Waals surface area contributed by atoms with Crippen molar-refractivity contribution in [3.8, 4) is 10.6 Å².